The third-order valence-electron chi connectivity index (χ3n) is 3.09. The molecular weight excluding hydrogens is 316 g/mol. The average molecular weight is 329 g/mol. The highest BCUT2D eigenvalue weighted by Gasteiger charge is 2.12. The van der Waals surface area contributed by atoms with E-state index in [1.165, 1.54) is 4.80 Å². The molecule has 0 aliphatic carbocycles. The van der Waals surface area contributed by atoms with Crippen molar-refractivity contribution in [3.8, 4) is 11.4 Å². The second-order valence-corrected chi connectivity index (χ2v) is 5.17. The van der Waals surface area contributed by atoms with E-state index < -0.39 is 0 Å². The molecule has 0 aliphatic rings. The summed E-state index contributed by atoms with van der Waals surface area (Å²) in [6.45, 7) is -0.0784. The van der Waals surface area contributed by atoms with Crippen LogP contribution in [0.15, 0.2) is 48.5 Å². The van der Waals surface area contributed by atoms with Crippen LogP contribution >= 0.6 is 11.6 Å². The highest BCUT2D eigenvalue weighted by Crippen LogP contribution is 2.21. The average Bonchev–Trinajstić information content (AvgIpc) is 2.98. The molecule has 7 nitrogen and oxygen atoms in total. The van der Waals surface area contributed by atoms with Crippen LogP contribution in [-0.2, 0) is 11.3 Å². The van der Waals surface area contributed by atoms with Gasteiger partial charge in [-0.2, -0.15) is 4.80 Å². The maximum atomic E-state index is 12.0. The number of carbonyl (C=O) groups excluding carboxylic acids is 1. The Balaban J connectivity index is 1.71. The number of nitrogens with two attached hydrogens (primary N) is 1. The summed E-state index contributed by atoms with van der Waals surface area (Å²) in [6.07, 6.45) is 0. The first kappa shape index (κ1) is 15.0. The minimum atomic E-state index is -0.303. The monoisotopic (exact) mass is 328 g/mol. The molecule has 1 aromatic heterocycles. The van der Waals surface area contributed by atoms with Crippen LogP contribution in [0, 0.1) is 0 Å². The molecule has 3 N–H and O–H groups in total. The minimum Gasteiger partial charge on any atom is -0.398 e. The van der Waals surface area contributed by atoms with E-state index >= 15 is 0 Å². The summed E-state index contributed by atoms with van der Waals surface area (Å²) >= 11 is 5.99. The van der Waals surface area contributed by atoms with Crippen LogP contribution in [0.1, 0.15) is 0 Å². The number of amides is 1. The van der Waals surface area contributed by atoms with Gasteiger partial charge in [-0.3, -0.25) is 4.79 Å². The van der Waals surface area contributed by atoms with Gasteiger partial charge in [0.1, 0.15) is 6.54 Å². The van der Waals surface area contributed by atoms with Crippen molar-refractivity contribution >= 4 is 28.9 Å². The molecule has 0 bridgehead atoms. The maximum absolute atomic E-state index is 12.0. The number of para-hydroxylation sites is 2. The summed E-state index contributed by atoms with van der Waals surface area (Å²) in [5, 5.41) is 15.1. The van der Waals surface area contributed by atoms with E-state index in [4.69, 9.17) is 17.3 Å². The van der Waals surface area contributed by atoms with Gasteiger partial charge in [0.15, 0.2) is 0 Å². The van der Waals surface area contributed by atoms with Crippen LogP contribution in [0.3, 0.4) is 0 Å². The number of nitrogens with zero attached hydrogens (tertiary/aromatic N) is 4. The molecule has 8 heteroatoms. The summed E-state index contributed by atoms with van der Waals surface area (Å²) in [5.41, 5.74) is 7.63. The fourth-order valence-corrected chi connectivity index (χ4v) is 2.18. The molecule has 23 heavy (non-hydrogen) atoms. The molecule has 3 aromatic rings. The Morgan fingerprint density at radius 2 is 1.91 bits per heavy atom. The van der Waals surface area contributed by atoms with Crippen molar-refractivity contribution in [3.63, 3.8) is 0 Å². The molecule has 0 spiro atoms. The first-order valence-electron chi connectivity index (χ1n) is 6.80. The molecule has 0 radical (unpaired) electrons. The maximum Gasteiger partial charge on any atom is 0.248 e. The Morgan fingerprint density at radius 1 is 1.17 bits per heavy atom. The first-order valence-corrected chi connectivity index (χ1v) is 7.18. The first-order chi connectivity index (χ1) is 11.1. The third-order valence-corrected chi connectivity index (χ3v) is 3.42. The molecule has 116 valence electrons. The van der Waals surface area contributed by atoms with Gasteiger partial charge in [-0.25, -0.2) is 0 Å². The lowest BCUT2D eigenvalue weighted by Crippen LogP contribution is -2.20. The number of tetrazole rings is 1. The number of hydrogen-bond acceptors (Lipinski definition) is 5. The predicted molar refractivity (Wildman–Crippen MR) is 87.7 cm³/mol. The van der Waals surface area contributed by atoms with Gasteiger partial charge in [0.2, 0.25) is 11.7 Å². The number of benzene rings is 2. The van der Waals surface area contributed by atoms with Crippen molar-refractivity contribution in [1.29, 1.82) is 0 Å². The predicted octanol–water partition coefficient (Wildman–Crippen LogP) is 2.21. The van der Waals surface area contributed by atoms with E-state index in [-0.39, 0.29) is 12.5 Å². The van der Waals surface area contributed by atoms with E-state index in [1.807, 2.05) is 12.1 Å². The molecule has 0 saturated heterocycles. The molecule has 0 atom stereocenters. The Hall–Kier alpha value is -2.93. The number of halogens is 1. The Labute approximate surface area is 137 Å². The minimum absolute atomic E-state index is 0.0784. The van der Waals surface area contributed by atoms with E-state index in [0.717, 1.165) is 0 Å². The van der Waals surface area contributed by atoms with Crippen molar-refractivity contribution in [3.05, 3.63) is 53.6 Å². The standard InChI is InChI=1S/C15H13ClN6O/c16-11-6-2-4-8-13(11)18-14(23)9-22-20-15(19-21-22)10-5-1-3-7-12(10)17/h1-8H,9,17H2,(H,18,23). The van der Waals surface area contributed by atoms with Gasteiger partial charge >= 0.3 is 0 Å². The molecule has 2 aromatic carbocycles. The van der Waals surface area contributed by atoms with Gasteiger partial charge in [-0.05, 0) is 29.5 Å². The van der Waals surface area contributed by atoms with Gasteiger partial charge < -0.3 is 11.1 Å². The third kappa shape index (κ3) is 3.46. The number of hydrogen-bond donors (Lipinski definition) is 2. The zero-order chi connectivity index (χ0) is 16.2. The molecule has 0 aliphatic heterocycles. The molecule has 0 fully saturated rings. The van der Waals surface area contributed by atoms with Gasteiger partial charge in [0.05, 0.1) is 10.7 Å². The zero-order valence-corrected chi connectivity index (χ0v) is 12.7. The van der Waals surface area contributed by atoms with Crippen LogP contribution < -0.4 is 11.1 Å². The normalized spacial score (nSPS) is 10.5. The lowest BCUT2D eigenvalue weighted by Gasteiger charge is -2.05. The zero-order valence-electron chi connectivity index (χ0n) is 12.0. The summed E-state index contributed by atoms with van der Waals surface area (Å²) in [4.78, 5) is 13.2. The van der Waals surface area contributed by atoms with E-state index in [9.17, 15) is 4.79 Å². The van der Waals surface area contributed by atoms with Crippen molar-refractivity contribution in [2.24, 2.45) is 0 Å². The fourth-order valence-electron chi connectivity index (χ4n) is 2.00. The van der Waals surface area contributed by atoms with Crippen molar-refractivity contribution < 1.29 is 4.79 Å². The fraction of sp³-hybridized carbons (Fsp3) is 0.0667. The highest BCUT2D eigenvalue weighted by molar-refractivity contribution is 6.33. The topological polar surface area (TPSA) is 98.7 Å². The quantitative estimate of drug-likeness (QED) is 0.715. The number of carbonyl (C=O) groups is 1. The largest absolute Gasteiger partial charge is 0.398 e. The van der Waals surface area contributed by atoms with Crippen LogP contribution in [0.25, 0.3) is 11.4 Å². The summed E-state index contributed by atoms with van der Waals surface area (Å²) in [5.74, 6) is 0.0664. The summed E-state index contributed by atoms with van der Waals surface area (Å²) < 4.78 is 0. The van der Waals surface area contributed by atoms with E-state index in [1.54, 1.807) is 36.4 Å². The van der Waals surface area contributed by atoms with Crippen LogP contribution in [0.2, 0.25) is 5.02 Å². The van der Waals surface area contributed by atoms with E-state index in [2.05, 4.69) is 20.7 Å². The molecule has 1 amide bonds. The second-order valence-electron chi connectivity index (χ2n) is 4.76. The van der Waals surface area contributed by atoms with Gasteiger partial charge in [-0.1, -0.05) is 35.9 Å². The number of anilines is 2. The van der Waals surface area contributed by atoms with E-state index in [0.29, 0.717) is 27.8 Å². The highest BCUT2D eigenvalue weighted by atomic mass is 35.5. The molecule has 0 saturated carbocycles. The Kier molecular flexibility index (Phi) is 4.20. The molecule has 3 rings (SSSR count). The van der Waals surface area contributed by atoms with Gasteiger partial charge in [0.25, 0.3) is 0 Å². The van der Waals surface area contributed by atoms with Crippen LogP contribution in [0.4, 0.5) is 11.4 Å². The number of nitrogens with one attached hydrogen (secondary N) is 1. The van der Waals surface area contributed by atoms with Crippen LogP contribution in [0.5, 0.6) is 0 Å². The molecule has 0 unspecified atom stereocenters. The summed E-state index contributed by atoms with van der Waals surface area (Å²) in [7, 11) is 0. The van der Waals surface area contributed by atoms with Gasteiger partial charge in [0, 0.05) is 11.3 Å². The molecule has 1 heterocycles. The second kappa shape index (κ2) is 6.45. The van der Waals surface area contributed by atoms with Gasteiger partial charge in [-0.15, -0.1) is 10.2 Å². The molecular formula is C15H13ClN6O. The number of aromatic nitrogens is 4. The van der Waals surface area contributed by atoms with Crippen molar-refractivity contribution in [2.75, 3.05) is 11.1 Å². The SMILES string of the molecule is Nc1ccccc1-c1nnn(CC(=O)Nc2ccccc2Cl)n1. The smallest absolute Gasteiger partial charge is 0.248 e. The van der Waals surface area contributed by atoms with Crippen molar-refractivity contribution in [2.45, 2.75) is 6.54 Å². The summed E-state index contributed by atoms with van der Waals surface area (Å²) in [6, 6.07) is 14.2. The van der Waals surface area contributed by atoms with Crippen molar-refractivity contribution in [1.82, 2.24) is 20.2 Å². The lowest BCUT2D eigenvalue weighted by molar-refractivity contribution is -0.117. The number of rotatable bonds is 4. The number of nitrogen functional groups attached to an aromatic ring is 1. The lowest BCUT2D eigenvalue weighted by atomic mass is 10.2. The Morgan fingerprint density at radius 3 is 2.70 bits per heavy atom. The van der Waals surface area contributed by atoms with Crippen LogP contribution in [-0.4, -0.2) is 26.1 Å². The Bertz CT molecular complexity index is 847.